The van der Waals surface area contributed by atoms with Gasteiger partial charge in [-0.15, -0.1) is 0 Å². The molecule has 1 fully saturated rings. The Bertz CT molecular complexity index is 533. The monoisotopic (exact) mass is 249 g/mol. The van der Waals surface area contributed by atoms with Crippen molar-refractivity contribution in [3.05, 3.63) is 29.1 Å². The van der Waals surface area contributed by atoms with E-state index in [0.717, 1.165) is 6.42 Å². The fourth-order valence-corrected chi connectivity index (χ4v) is 2.65. The molecule has 4 nitrogen and oxygen atoms in total. The van der Waals surface area contributed by atoms with Crippen LogP contribution in [0.2, 0.25) is 0 Å². The number of isocyanates is 1. The van der Waals surface area contributed by atoms with E-state index in [1.807, 2.05) is 0 Å². The van der Waals surface area contributed by atoms with Gasteiger partial charge in [0.1, 0.15) is 17.1 Å². The van der Waals surface area contributed by atoms with E-state index in [4.69, 9.17) is 9.47 Å². The zero-order chi connectivity index (χ0) is 12.6. The van der Waals surface area contributed by atoms with Gasteiger partial charge in [-0.25, -0.2) is 9.18 Å². The molecule has 3 rings (SSSR count). The highest BCUT2D eigenvalue weighted by Crippen LogP contribution is 2.49. The van der Waals surface area contributed by atoms with Gasteiger partial charge in [-0.1, -0.05) is 0 Å². The van der Waals surface area contributed by atoms with Crippen LogP contribution in [0.5, 0.6) is 5.75 Å². The lowest BCUT2D eigenvalue weighted by atomic mass is 9.70. The summed E-state index contributed by atoms with van der Waals surface area (Å²) < 4.78 is 24.7. The van der Waals surface area contributed by atoms with Crippen LogP contribution in [0, 0.1) is 5.82 Å². The van der Waals surface area contributed by atoms with E-state index >= 15 is 0 Å². The molecule has 0 saturated heterocycles. The third kappa shape index (κ3) is 1.55. The van der Waals surface area contributed by atoms with Crippen molar-refractivity contribution >= 4 is 6.08 Å². The molecule has 94 valence electrons. The van der Waals surface area contributed by atoms with E-state index in [2.05, 4.69) is 4.99 Å². The molecule has 1 saturated carbocycles. The number of hydrogen-bond acceptors (Lipinski definition) is 4. The molecule has 0 aromatic heterocycles. The highest BCUT2D eigenvalue weighted by Gasteiger charge is 2.43. The fourth-order valence-electron chi connectivity index (χ4n) is 2.65. The van der Waals surface area contributed by atoms with Crippen molar-refractivity contribution in [2.75, 3.05) is 6.79 Å². The first-order valence-corrected chi connectivity index (χ1v) is 5.88. The Morgan fingerprint density at radius 3 is 2.89 bits per heavy atom. The van der Waals surface area contributed by atoms with Gasteiger partial charge < -0.3 is 9.47 Å². The molecule has 0 amide bonds. The maximum Gasteiger partial charge on any atom is 0.235 e. The minimum atomic E-state index is -0.763. The van der Waals surface area contributed by atoms with Gasteiger partial charge in [-0.05, 0) is 31.4 Å². The molecule has 1 aromatic rings. The van der Waals surface area contributed by atoms with Crippen LogP contribution in [0.3, 0.4) is 0 Å². The van der Waals surface area contributed by atoms with Crippen LogP contribution in [0.1, 0.15) is 30.4 Å². The summed E-state index contributed by atoms with van der Waals surface area (Å²) >= 11 is 0. The number of halogens is 1. The van der Waals surface area contributed by atoms with Crippen molar-refractivity contribution in [2.45, 2.75) is 31.4 Å². The largest absolute Gasteiger partial charge is 0.467 e. The van der Waals surface area contributed by atoms with E-state index in [9.17, 15) is 9.18 Å². The summed E-state index contributed by atoms with van der Waals surface area (Å²) in [6.07, 6.45) is 3.82. The van der Waals surface area contributed by atoms with Crippen LogP contribution in [0.4, 0.5) is 4.39 Å². The van der Waals surface area contributed by atoms with E-state index in [-0.39, 0.29) is 12.6 Å². The van der Waals surface area contributed by atoms with Gasteiger partial charge in [0.05, 0.1) is 6.61 Å². The van der Waals surface area contributed by atoms with Crippen molar-refractivity contribution in [3.63, 3.8) is 0 Å². The third-order valence-electron chi connectivity index (χ3n) is 3.67. The SMILES string of the molecule is O=C=NC1(c2c(F)ccc3c2COCO3)CCC1. The number of nitrogens with zero attached hydrogens (tertiary/aromatic N) is 1. The van der Waals surface area contributed by atoms with Crippen LogP contribution in [0.15, 0.2) is 17.1 Å². The first-order chi connectivity index (χ1) is 8.77. The maximum absolute atomic E-state index is 14.1. The molecule has 18 heavy (non-hydrogen) atoms. The Hall–Kier alpha value is -1.71. The first-order valence-electron chi connectivity index (χ1n) is 5.88. The Morgan fingerprint density at radius 2 is 2.22 bits per heavy atom. The summed E-state index contributed by atoms with van der Waals surface area (Å²) in [6, 6.07) is 2.95. The molecular formula is C13H12FNO3. The lowest BCUT2D eigenvalue weighted by Gasteiger charge is -2.39. The van der Waals surface area contributed by atoms with Crippen LogP contribution < -0.4 is 4.74 Å². The molecule has 0 radical (unpaired) electrons. The number of benzene rings is 1. The first kappa shape index (κ1) is 11.4. The molecule has 1 aliphatic heterocycles. The number of ether oxygens (including phenoxy) is 2. The van der Waals surface area contributed by atoms with E-state index in [1.165, 1.54) is 6.07 Å². The van der Waals surface area contributed by atoms with Crippen molar-refractivity contribution in [2.24, 2.45) is 4.99 Å². The van der Waals surface area contributed by atoms with Gasteiger partial charge in [0.15, 0.2) is 6.79 Å². The predicted octanol–water partition coefficient (Wildman–Crippen LogP) is 2.41. The second-order valence-electron chi connectivity index (χ2n) is 4.60. The summed E-state index contributed by atoms with van der Waals surface area (Å²) in [5.41, 5.74) is 0.343. The van der Waals surface area contributed by atoms with Gasteiger partial charge in [0, 0.05) is 11.1 Å². The van der Waals surface area contributed by atoms with Gasteiger partial charge in [0.25, 0.3) is 0 Å². The standard InChI is InChI=1S/C13H12FNO3/c14-10-2-3-11-9(6-17-8-18-11)12(10)13(15-7-16)4-1-5-13/h2-3H,1,4-6,8H2. The minimum absolute atomic E-state index is 0.169. The molecule has 0 atom stereocenters. The van der Waals surface area contributed by atoms with Gasteiger partial charge in [0.2, 0.25) is 6.08 Å². The highest BCUT2D eigenvalue weighted by atomic mass is 19.1. The predicted molar refractivity (Wildman–Crippen MR) is 60.3 cm³/mol. The van der Waals surface area contributed by atoms with Crippen molar-refractivity contribution in [1.29, 1.82) is 0 Å². The van der Waals surface area contributed by atoms with Gasteiger partial charge in [-0.2, -0.15) is 4.99 Å². The van der Waals surface area contributed by atoms with E-state index in [1.54, 1.807) is 12.1 Å². The Kier molecular flexibility index (Phi) is 2.65. The summed E-state index contributed by atoms with van der Waals surface area (Å²) in [5, 5.41) is 0. The number of aliphatic imine (C=N–C) groups is 1. The summed E-state index contributed by atoms with van der Waals surface area (Å²) in [5.74, 6) is 0.256. The molecular weight excluding hydrogens is 237 g/mol. The fraction of sp³-hybridized carbons (Fsp3) is 0.462. The normalized spacial score (nSPS) is 20.1. The van der Waals surface area contributed by atoms with Crippen LogP contribution in [-0.4, -0.2) is 12.9 Å². The molecule has 0 N–H and O–H groups in total. The number of hydrogen-bond donors (Lipinski definition) is 0. The summed E-state index contributed by atoms with van der Waals surface area (Å²) in [7, 11) is 0. The lowest BCUT2D eigenvalue weighted by molar-refractivity contribution is -0.0182. The molecule has 1 heterocycles. The second kappa shape index (κ2) is 4.19. The van der Waals surface area contributed by atoms with Crippen LogP contribution in [-0.2, 0) is 21.7 Å². The Morgan fingerprint density at radius 1 is 1.39 bits per heavy atom. The van der Waals surface area contributed by atoms with Crippen molar-refractivity contribution < 1.29 is 18.7 Å². The number of fused-ring (bicyclic) bond motifs is 1. The quantitative estimate of drug-likeness (QED) is 0.597. The Balaban J connectivity index is 2.18. The maximum atomic E-state index is 14.1. The molecule has 0 unspecified atom stereocenters. The molecule has 0 spiro atoms. The topological polar surface area (TPSA) is 47.9 Å². The van der Waals surface area contributed by atoms with Crippen molar-refractivity contribution in [1.82, 2.24) is 0 Å². The number of rotatable bonds is 2. The average molecular weight is 249 g/mol. The average Bonchev–Trinajstić information content (AvgIpc) is 2.35. The molecule has 0 bridgehead atoms. The molecule has 1 aliphatic carbocycles. The lowest BCUT2D eigenvalue weighted by Crippen LogP contribution is -2.35. The van der Waals surface area contributed by atoms with Crippen LogP contribution in [0.25, 0.3) is 0 Å². The highest BCUT2D eigenvalue weighted by molar-refractivity contribution is 5.48. The minimum Gasteiger partial charge on any atom is -0.467 e. The zero-order valence-corrected chi connectivity index (χ0v) is 9.74. The second-order valence-corrected chi connectivity index (χ2v) is 4.60. The summed E-state index contributed by atoms with van der Waals surface area (Å²) in [6.45, 7) is 0.459. The van der Waals surface area contributed by atoms with Crippen LogP contribution >= 0.6 is 0 Å². The number of carbonyl (C=O) groups excluding carboxylic acids is 1. The molecule has 1 aromatic carbocycles. The third-order valence-corrected chi connectivity index (χ3v) is 3.67. The molecule has 2 aliphatic rings. The van der Waals surface area contributed by atoms with Gasteiger partial charge in [-0.3, -0.25) is 0 Å². The Labute approximate surface area is 103 Å². The van der Waals surface area contributed by atoms with E-state index in [0.29, 0.717) is 36.3 Å². The summed E-state index contributed by atoms with van der Waals surface area (Å²) in [4.78, 5) is 14.4. The van der Waals surface area contributed by atoms with Gasteiger partial charge >= 0.3 is 0 Å². The smallest absolute Gasteiger partial charge is 0.235 e. The zero-order valence-electron chi connectivity index (χ0n) is 9.74. The van der Waals surface area contributed by atoms with Crippen molar-refractivity contribution in [3.8, 4) is 5.75 Å². The van der Waals surface area contributed by atoms with E-state index < -0.39 is 5.54 Å². The molecule has 5 heteroatoms.